The Morgan fingerprint density at radius 1 is 1.44 bits per heavy atom. The summed E-state index contributed by atoms with van der Waals surface area (Å²) in [6.07, 6.45) is 4.91. The van der Waals surface area contributed by atoms with E-state index in [1.807, 2.05) is 0 Å². The normalized spacial score (nSPS) is 28.9. The van der Waals surface area contributed by atoms with Crippen molar-refractivity contribution in [3.63, 3.8) is 0 Å². The summed E-state index contributed by atoms with van der Waals surface area (Å²) >= 11 is 0. The highest BCUT2D eigenvalue weighted by Crippen LogP contribution is 2.35. The number of hydrogen-bond donors (Lipinski definition) is 1. The van der Waals surface area contributed by atoms with Crippen LogP contribution in [-0.4, -0.2) is 38.4 Å². The number of esters is 1. The van der Waals surface area contributed by atoms with Crippen molar-refractivity contribution < 1.29 is 14.3 Å². The van der Waals surface area contributed by atoms with E-state index in [4.69, 9.17) is 4.74 Å². The van der Waals surface area contributed by atoms with Crippen LogP contribution in [0.15, 0.2) is 0 Å². The summed E-state index contributed by atoms with van der Waals surface area (Å²) in [5, 5.41) is 3.35. The molecule has 16 heavy (non-hydrogen) atoms. The van der Waals surface area contributed by atoms with Gasteiger partial charge in [-0.3, -0.25) is 4.79 Å². The molecule has 2 aliphatic rings. The number of piperidine rings is 1. The summed E-state index contributed by atoms with van der Waals surface area (Å²) in [5.41, 5.74) is 0.109. The SMILES string of the molecule is COC(=O)C[C@H]1CCC2(CCNCC2)OC1. The number of ether oxygens (including phenoxy) is 2. The van der Waals surface area contributed by atoms with Gasteiger partial charge in [0.2, 0.25) is 0 Å². The maximum absolute atomic E-state index is 11.2. The monoisotopic (exact) mass is 227 g/mol. The molecular formula is C12H21NO3. The second-order valence-electron chi connectivity index (χ2n) is 4.93. The zero-order valence-corrected chi connectivity index (χ0v) is 9.96. The average Bonchev–Trinajstić information content (AvgIpc) is 2.33. The quantitative estimate of drug-likeness (QED) is 0.718. The third-order valence-corrected chi connectivity index (χ3v) is 3.83. The van der Waals surface area contributed by atoms with Crippen LogP contribution in [-0.2, 0) is 14.3 Å². The number of rotatable bonds is 2. The van der Waals surface area contributed by atoms with Gasteiger partial charge in [0.15, 0.2) is 0 Å². The van der Waals surface area contributed by atoms with Crippen molar-refractivity contribution in [2.45, 2.75) is 37.7 Å². The van der Waals surface area contributed by atoms with Crippen molar-refractivity contribution in [2.24, 2.45) is 5.92 Å². The third-order valence-electron chi connectivity index (χ3n) is 3.83. The van der Waals surface area contributed by atoms with E-state index in [-0.39, 0.29) is 11.6 Å². The zero-order valence-electron chi connectivity index (χ0n) is 9.96. The predicted molar refractivity (Wildman–Crippen MR) is 60.1 cm³/mol. The van der Waals surface area contributed by atoms with E-state index in [0.717, 1.165) is 45.4 Å². The van der Waals surface area contributed by atoms with Crippen molar-refractivity contribution in [3.05, 3.63) is 0 Å². The van der Waals surface area contributed by atoms with Crippen LogP contribution in [0.3, 0.4) is 0 Å². The molecule has 0 bridgehead atoms. The van der Waals surface area contributed by atoms with Crippen molar-refractivity contribution in [3.8, 4) is 0 Å². The van der Waals surface area contributed by atoms with Gasteiger partial charge in [0.05, 0.1) is 25.7 Å². The number of carbonyl (C=O) groups is 1. The Kier molecular flexibility index (Phi) is 3.82. The molecule has 2 rings (SSSR count). The van der Waals surface area contributed by atoms with Crippen molar-refractivity contribution in [1.29, 1.82) is 0 Å². The largest absolute Gasteiger partial charge is 0.469 e. The van der Waals surface area contributed by atoms with Crippen LogP contribution in [0.1, 0.15) is 32.1 Å². The fourth-order valence-corrected chi connectivity index (χ4v) is 2.67. The molecule has 2 aliphatic heterocycles. The molecule has 1 spiro atoms. The summed E-state index contributed by atoms with van der Waals surface area (Å²) in [6.45, 7) is 2.83. The maximum Gasteiger partial charge on any atom is 0.305 e. The highest BCUT2D eigenvalue weighted by molar-refractivity contribution is 5.69. The number of carbonyl (C=O) groups excluding carboxylic acids is 1. The molecule has 0 unspecified atom stereocenters. The van der Waals surface area contributed by atoms with Gasteiger partial charge in [-0.25, -0.2) is 0 Å². The van der Waals surface area contributed by atoms with Gasteiger partial charge in [0.1, 0.15) is 0 Å². The standard InChI is InChI=1S/C12H21NO3/c1-15-11(14)8-10-2-3-12(16-9-10)4-6-13-7-5-12/h10,13H,2-9H2,1H3/t10-/m1/s1. The lowest BCUT2D eigenvalue weighted by atomic mass is 9.81. The molecule has 4 nitrogen and oxygen atoms in total. The second-order valence-corrected chi connectivity index (χ2v) is 4.93. The molecule has 2 saturated heterocycles. The van der Waals surface area contributed by atoms with Crippen LogP contribution in [0, 0.1) is 5.92 Å². The average molecular weight is 227 g/mol. The van der Waals surface area contributed by atoms with Gasteiger partial charge in [-0.15, -0.1) is 0 Å². The van der Waals surface area contributed by atoms with Crippen LogP contribution in [0.2, 0.25) is 0 Å². The first-order valence-corrected chi connectivity index (χ1v) is 6.16. The summed E-state index contributed by atoms with van der Waals surface area (Å²) in [5.74, 6) is 0.239. The molecule has 1 N–H and O–H groups in total. The summed E-state index contributed by atoms with van der Waals surface area (Å²) in [4.78, 5) is 11.2. The second kappa shape index (κ2) is 5.15. The fourth-order valence-electron chi connectivity index (χ4n) is 2.67. The van der Waals surface area contributed by atoms with Gasteiger partial charge in [0, 0.05) is 0 Å². The predicted octanol–water partition coefficient (Wildman–Crippen LogP) is 1.10. The van der Waals surface area contributed by atoms with Crippen LogP contribution in [0.5, 0.6) is 0 Å². The summed E-state index contributed by atoms with van der Waals surface area (Å²) in [6, 6.07) is 0. The zero-order chi connectivity index (χ0) is 11.4. The Morgan fingerprint density at radius 3 is 2.75 bits per heavy atom. The molecule has 2 fully saturated rings. The first-order valence-electron chi connectivity index (χ1n) is 6.16. The van der Waals surface area contributed by atoms with E-state index < -0.39 is 0 Å². The summed E-state index contributed by atoms with van der Waals surface area (Å²) < 4.78 is 10.7. The Labute approximate surface area is 96.7 Å². The van der Waals surface area contributed by atoms with Crippen molar-refractivity contribution in [2.75, 3.05) is 26.8 Å². The first-order chi connectivity index (χ1) is 7.74. The van der Waals surface area contributed by atoms with Gasteiger partial charge in [-0.2, -0.15) is 0 Å². The van der Waals surface area contributed by atoms with E-state index in [1.54, 1.807) is 0 Å². The van der Waals surface area contributed by atoms with Gasteiger partial charge < -0.3 is 14.8 Å². The Hall–Kier alpha value is -0.610. The van der Waals surface area contributed by atoms with Crippen LogP contribution < -0.4 is 5.32 Å². The van der Waals surface area contributed by atoms with Gasteiger partial charge >= 0.3 is 5.97 Å². The van der Waals surface area contributed by atoms with Gasteiger partial charge in [-0.05, 0) is 44.7 Å². The molecule has 92 valence electrons. The third kappa shape index (κ3) is 2.74. The van der Waals surface area contributed by atoms with Crippen LogP contribution in [0.4, 0.5) is 0 Å². The number of nitrogens with one attached hydrogen (secondary N) is 1. The number of hydrogen-bond acceptors (Lipinski definition) is 4. The molecular weight excluding hydrogens is 206 g/mol. The minimum absolute atomic E-state index is 0.109. The Morgan fingerprint density at radius 2 is 2.19 bits per heavy atom. The molecule has 0 aliphatic carbocycles. The molecule has 0 aromatic rings. The molecule has 0 amide bonds. The van der Waals surface area contributed by atoms with E-state index >= 15 is 0 Å². The van der Waals surface area contributed by atoms with E-state index in [1.165, 1.54) is 7.11 Å². The smallest absolute Gasteiger partial charge is 0.305 e. The van der Waals surface area contributed by atoms with Gasteiger partial charge in [-0.1, -0.05) is 0 Å². The van der Waals surface area contributed by atoms with E-state index in [9.17, 15) is 4.79 Å². The molecule has 2 heterocycles. The Bertz CT molecular complexity index is 239. The van der Waals surface area contributed by atoms with Crippen LogP contribution >= 0.6 is 0 Å². The van der Waals surface area contributed by atoms with Crippen LogP contribution in [0.25, 0.3) is 0 Å². The fraction of sp³-hybridized carbons (Fsp3) is 0.917. The lowest BCUT2D eigenvalue weighted by molar-refractivity contribution is -0.148. The summed E-state index contributed by atoms with van der Waals surface area (Å²) in [7, 11) is 1.44. The lowest BCUT2D eigenvalue weighted by Crippen LogP contribution is -2.47. The minimum atomic E-state index is -0.116. The van der Waals surface area contributed by atoms with Crippen molar-refractivity contribution >= 4 is 5.97 Å². The number of methoxy groups -OCH3 is 1. The molecule has 4 heteroatoms. The Balaban J connectivity index is 1.79. The molecule has 0 saturated carbocycles. The van der Waals surface area contributed by atoms with Crippen molar-refractivity contribution in [1.82, 2.24) is 5.32 Å². The molecule has 0 radical (unpaired) electrons. The minimum Gasteiger partial charge on any atom is -0.469 e. The highest BCUT2D eigenvalue weighted by atomic mass is 16.5. The van der Waals surface area contributed by atoms with E-state index in [0.29, 0.717) is 12.3 Å². The molecule has 0 aromatic carbocycles. The maximum atomic E-state index is 11.2. The highest BCUT2D eigenvalue weighted by Gasteiger charge is 2.37. The van der Waals surface area contributed by atoms with E-state index in [2.05, 4.69) is 10.1 Å². The first kappa shape index (κ1) is 11.9. The topological polar surface area (TPSA) is 47.6 Å². The lowest BCUT2D eigenvalue weighted by Gasteiger charge is -2.42. The molecule has 0 aromatic heterocycles. The van der Waals surface area contributed by atoms with Gasteiger partial charge in [0.25, 0.3) is 0 Å². The molecule has 1 atom stereocenters.